The van der Waals surface area contributed by atoms with Crippen LogP contribution in [0.5, 0.6) is 0 Å². The number of hydrogen-bond donors (Lipinski definition) is 1. The van der Waals surface area contributed by atoms with Gasteiger partial charge >= 0.3 is 0 Å². The number of nitrogens with one attached hydrogen (secondary N) is 1. The highest BCUT2D eigenvalue weighted by molar-refractivity contribution is 6.26. The van der Waals surface area contributed by atoms with Crippen molar-refractivity contribution in [1.29, 1.82) is 0 Å². The Labute approximate surface area is 352 Å². The lowest BCUT2D eigenvalue weighted by Gasteiger charge is -2.25. The third-order valence-electron chi connectivity index (χ3n) is 12.4. The van der Waals surface area contributed by atoms with Gasteiger partial charge in [0, 0.05) is 16.3 Å². The molecule has 0 aliphatic carbocycles. The van der Waals surface area contributed by atoms with Crippen molar-refractivity contribution < 1.29 is 4.42 Å². The van der Waals surface area contributed by atoms with Gasteiger partial charge in [-0.05, 0) is 100 Å². The summed E-state index contributed by atoms with van der Waals surface area (Å²) in [5.41, 5.74) is 8.04. The van der Waals surface area contributed by atoms with Gasteiger partial charge in [-0.1, -0.05) is 194 Å². The lowest BCUT2D eigenvalue weighted by Crippen LogP contribution is -2.31. The van der Waals surface area contributed by atoms with Crippen LogP contribution in [0.3, 0.4) is 0 Å². The van der Waals surface area contributed by atoms with Gasteiger partial charge in [-0.2, -0.15) is 0 Å². The molecule has 0 radical (unpaired) electrons. The van der Waals surface area contributed by atoms with E-state index in [4.69, 9.17) is 9.41 Å². The summed E-state index contributed by atoms with van der Waals surface area (Å²) in [6, 6.07) is 75.7. The van der Waals surface area contributed by atoms with E-state index >= 15 is 0 Å². The zero-order chi connectivity index (χ0) is 40.3. The normalized spacial score (nSPS) is 14.1. The minimum Gasteiger partial charge on any atom is -0.456 e. The highest BCUT2D eigenvalue weighted by Gasteiger charge is 2.22. The molecule has 2 heterocycles. The van der Waals surface area contributed by atoms with Gasteiger partial charge in [0.25, 0.3) is 0 Å². The molecule has 1 atom stereocenters. The smallest absolute Gasteiger partial charge is 0.136 e. The first kappa shape index (κ1) is 35.0. The number of benzene rings is 10. The van der Waals surface area contributed by atoms with E-state index in [9.17, 15) is 0 Å². The minimum absolute atomic E-state index is 0.114. The SMILES string of the molecule is C1=C(c2ccc(-c3ccc4c5ccccc5c5ccccc5c4c3)cc2)N=C(c2cccc3oc4ccccc4c4ccccc4c4ccccc4c23)NC1c1ccccc1. The summed E-state index contributed by atoms with van der Waals surface area (Å²) >= 11 is 0. The summed E-state index contributed by atoms with van der Waals surface area (Å²) in [6.45, 7) is 0. The molecule has 1 aliphatic rings. The Kier molecular flexibility index (Phi) is 8.24. The Hall–Kier alpha value is -8.01. The van der Waals surface area contributed by atoms with E-state index < -0.39 is 0 Å². The highest BCUT2D eigenvalue weighted by atomic mass is 16.3. The lowest BCUT2D eigenvalue weighted by atomic mass is 9.92. The van der Waals surface area contributed by atoms with E-state index in [0.29, 0.717) is 0 Å². The summed E-state index contributed by atoms with van der Waals surface area (Å²) < 4.78 is 6.96. The molecule has 10 aromatic carbocycles. The van der Waals surface area contributed by atoms with Gasteiger partial charge in [0.15, 0.2) is 0 Å². The monoisotopic (exact) mass is 778 g/mol. The van der Waals surface area contributed by atoms with E-state index in [1.807, 2.05) is 6.07 Å². The van der Waals surface area contributed by atoms with Crippen molar-refractivity contribution in [1.82, 2.24) is 5.32 Å². The van der Waals surface area contributed by atoms with E-state index in [1.165, 1.54) is 37.9 Å². The average Bonchev–Trinajstić information content (AvgIpc) is 3.39. The standard InChI is InChI=1S/C58H38N2O/c1-2-15-38(16-3-1)53-36-54(39-31-29-37(30-32-39)40-33-34-48-43-19-5-4-17-41(43)42-18-7-9-23-47(42)52(48)35-40)60-58(59-53)51-26-14-28-56-57(51)50-25-11-10-22-46(50)44-20-6-8-21-45(44)49-24-12-13-27-55(49)61-56/h1-36,53H,(H,59,60). The van der Waals surface area contributed by atoms with E-state index in [1.54, 1.807) is 0 Å². The maximum Gasteiger partial charge on any atom is 0.136 e. The van der Waals surface area contributed by atoms with Gasteiger partial charge in [0.2, 0.25) is 0 Å². The van der Waals surface area contributed by atoms with Crippen LogP contribution >= 0.6 is 0 Å². The fourth-order valence-corrected chi connectivity index (χ4v) is 9.47. The summed E-state index contributed by atoms with van der Waals surface area (Å²) in [4.78, 5) is 5.46. The largest absolute Gasteiger partial charge is 0.456 e. The molecule has 3 nitrogen and oxygen atoms in total. The fraction of sp³-hybridized carbons (Fsp3) is 0.0172. The Morgan fingerprint density at radius 1 is 0.361 bits per heavy atom. The van der Waals surface area contributed by atoms with Crippen molar-refractivity contribution in [2.75, 3.05) is 0 Å². The van der Waals surface area contributed by atoms with Gasteiger partial charge in [-0.3, -0.25) is 0 Å². The molecule has 61 heavy (non-hydrogen) atoms. The van der Waals surface area contributed by atoms with Crippen molar-refractivity contribution in [3.8, 4) is 11.1 Å². The maximum atomic E-state index is 6.96. The average molecular weight is 779 g/mol. The number of para-hydroxylation sites is 1. The van der Waals surface area contributed by atoms with E-state index in [0.717, 1.165) is 77.3 Å². The van der Waals surface area contributed by atoms with E-state index in [-0.39, 0.29) is 6.04 Å². The Balaban J connectivity index is 1.04. The van der Waals surface area contributed by atoms with Crippen LogP contribution in [0.25, 0.3) is 92.6 Å². The highest BCUT2D eigenvalue weighted by Crippen LogP contribution is 2.39. The quantitative estimate of drug-likeness (QED) is 0.181. The van der Waals surface area contributed by atoms with Gasteiger partial charge < -0.3 is 9.73 Å². The Morgan fingerprint density at radius 3 is 1.49 bits per heavy atom. The molecule has 1 unspecified atom stereocenters. The predicted octanol–water partition coefficient (Wildman–Crippen LogP) is 15.3. The molecule has 11 aromatic rings. The van der Waals surface area contributed by atoms with Crippen LogP contribution in [0.2, 0.25) is 0 Å². The predicted molar refractivity (Wildman–Crippen MR) is 258 cm³/mol. The molecule has 0 bridgehead atoms. The Morgan fingerprint density at radius 2 is 0.836 bits per heavy atom. The van der Waals surface area contributed by atoms with Crippen LogP contribution in [0.1, 0.15) is 22.7 Å². The van der Waals surface area contributed by atoms with Gasteiger partial charge in [-0.15, -0.1) is 0 Å². The summed E-state index contributed by atoms with van der Waals surface area (Å²) in [5, 5.41) is 18.1. The molecule has 0 saturated heterocycles. The number of amidine groups is 1. The molecule has 286 valence electrons. The van der Waals surface area contributed by atoms with Crippen LogP contribution in [0, 0.1) is 0 Å². The number of nitrogens with zero attached hydrogens (tertiary/aromatic N) is 1. The summed E-state index contributed by atoms with van der Waals surface area (Å²) in [5.74, 6) is 0.792. The molecular formula is C58H38N2O. The molecule has 0 saturated carbocycles. The molecule has 0 spiro atoms. The number of hydrogen-bond acceptors (Lipinski definition) is 3. The summed E-state index contributed by atoms with van der Waals surface area (Å²) in [7, 11) is 0. The van der Waals surface area contributed by atoms with Crippen molar-refractivity contribution in [2.24, 2.45) is 4.99 Å². The van der Waals surface area contributed by atoms with Gasteiger partial charge in [0.1, 0.15) is 17.0 Å². The lowest BCUT2D eigenvalue weighted by molar-refractivity contribution is 0.663. The second-order valence-electron chi connectivity index (χ2n) is 15.8. The maximum absolute atomic E-state index is 6.96. The molecule has 1 aliphatic heterocycles. The second kappa shape index (κ2) is 14.4. The molecule has 1 aromatic heterocycles. The molecule has 3 heteroatoms. The molecule has 0 fully saturated rings. The van der Waals surface area contributed by atoms with Crippen molar-refractivity contribution in [3.63, 3.8) is 0 Å². The third kappa shape index (κ3) is 5.93. The number of aliphatic imine (C=N–C) groups is 1. The first-order valence-corrected chi connectivity index (χ1v) is 20.9. The summed E-state index contributed by atoms with van der Waals surface area (Å²) in [6.07, 6.45) is 2.25. The second-order valence-corrected chi connectivity index (χ2v) is 15.8. The van der Waals surface area contributed by atoms with Gasteiger partial charge in [0.05, 0.1) is 11.7 Å². The minimum atomic E-state index is -0.114. The number of fused-ring (bicyclic) bond motifs is 13. The van der Waals surface area contributed by atoms with Crippen molar-refractivity contribution in [3.05, 3.63) is 235 Å². The van der Waals surface area contributed by atoms with Crippen LogP contribution in [-0.4, -0.2) is 5.84 Å². The zero-order valence-corrected chi connectivity index (χ0v) is 33.2. The van der Waals surface area contributed by atoms with E-state index in [2.05, 4.69) is 218 Å². The van der Waals surface area contributed by atoms with Crippen LogP contribution in [0.15, 0.2) is 228 Å². The van der Waals surface area contributed by atoms with Crippen LogP contribution in [-0.2, 0) is 0 Å². The van der Waals surface area contributed by atoms with Crippen molar-refractivity contribution in [2.45, 2.75) is 6.04 Å². The van der Waals surface area contributed by atoms with Crippen LogP contribution in [0.4, 0.5) is 0 Å². The first-order chi connectivity index (χ1) is 30.2. The molecule has 1 N–H and O–H groups in total. The van der Waals surface area contributed by atoms with Gasteiger partial charge in [-0.25, -0.2) is 4.99 Å². The molecule has 12 rings (SSSR count). The Bertz CT molecular complexity index is 3640. The third-order valence-corrected chi connectivity index (χ3v) is 12.4. The first-order valence-electron chi connectivity index (χ1n) is 20.9. The molecule has 0 amide bonds. The zero-order valence-electron chi connectivity index (χ0n) is 33.2. The van der Waals surface area contributed by atoms with Crippen LogP contribution < -0.4 is 5.32 Å². The molecular weight excluding hydrogens is 741 g/mol. The topological polar surface area (TPSA) is 37.5 Å². The number of rotatable bonds is 4. The van der Waals surface area contributed by atoms with Crippen molar-refractivity contribution >= 4 is 87.3 Å². The fourth-order valence-electron chi connectivity index (χ4n) is 9.47.